The number of H-pyrrole nitrogens is 1. The third kappa shape index (κ3) is 2.71. The molecule has 2 aromatic rings. The lowest BCUT2D eigenvalue weighted by Crippen LogP contribution is -2.36. The highest BCUT2D eigenvalue weighted by molar-refractivity contribution is 6.39. The van der Waals surface area contributed by atoms with E-state index in [1.54, 1.807) is 24.3 Å². The number of nitrogens with zero attached hydrogens (tertiary/aromatic N) is 2. The third-order valence-corrected chi connectivity index (χ3v) is 3.36. The van der Waals surface area contributed by atoms with E-state index in [1.807, 2.05) is 0 Å². The van der Waals surface area contributed by atoms with Crippen LogP contribution in [0.5, 0.6) is 0 Å². The lowest BCUT2D eigenvalue weighted by atomic mass is 10.1. The van der Waals surface area contributed by atoms with Gasteiger partial charge in [-0.1, -0.05) is 18.2 Å². The fourth-order valence-corrected chi connectivity index (χ4v) is 2.21. The molecule has 1 aliphatic rings. The van der Waals surface area contributed by atoms with E-state index >= 15 is 0 Å². The number of rotatable bonds is 3. The molecular formula is C14H13N5O3. The van der Waals surface area contributed by atoms with Crippen LogP contribution in [0, 0.1) is 0 Å². The minimum atomic E-state index is -0.364. The van der Waals surface area contributed by atoms with E-state index in [4.69, 9.17) is 0 Å². The molecule has 0 unspecified atom stereocenters. The van der Waals surface area contributed by atoms with Crippen LogP contribution in [0.15, 0.2) is 34.2 Å². The number of amides is 2. The summed E-state index contributed by atoms with van der Waals surface area (Å²) in [7, 11) is 0. The molecular weight excluding hydrogens is 286 g/mol. The van der Waals surface area contributed by atoms with Crippen molar-refractivity contribution in [3.63, 3.8) is 0 Å². The summed E-state index contributed by atoms with van der Waals surface area (Å²) in [6.45, 7) is 0.156. The second-order valence-corrected chi connectivity index (χ2v) is 4.82. The van der Waals surface area contributed by atoms with Gasteiger partial charge >= 0.3 is 0 Å². The second kappa shape index (κ2) is 5.76. The Morgan fingerprint density at radius 3 is 2.68 bits per heavy atom. The summed E-state index contributed by atoms with van der Waals surface area (Å²) in [6.07, 6.45) is 0.545. The van der Waals surface area contributed by atoms with Gasteiger partial charge in [-0.05, 0) is 6.07 Å². The zero-order chi connectivity index (χ0) is 15.5. The Balaban J connectivity index is 1.77. The highest BCUT2D eigenvalue weighted by atomic mass is 16.2. The van der Waals surface area contributed by atoms with Gasteiger partial charge in [-0.3, -0.25) is 14.4 Å². The number of fused-ring (bicyclic) bond motifs is 1. The summed E-state index contributed by atoms with van der Waals surface area (Å²) >= 11 is 0. The Kier molecular flexibility index (Phi) is 3.65. The van der Waals surface area contributed by atoms with E-state index in [9.17, 15) is 14.4 Å². The Morgan fingerprint density at radius 1 is 1.18 bits per heavy atom. The van der Waals surface area contributed by atoms with Crippen LogP contribution in [-0.4, -0.2) is 27.7 Å². The van der Waals surface area contributed by atoms with E-state index in [1.165, 1.54) is 0 Å². The fourth-order valence-electron chi connectivity index (χ4n) is 2.21. The van der Waals surface area contributed by atoms with Gasteiger partial charge < -0.3 is 5.32 Å². The van der Waals surface area contributed by atoms with Crippen LogP contribution in [0.3, 0.4) is 0 Å². The van der Waals surface area contributed by atoms with Crippen molar-refractivity contribution in [2.45, 2.75) is 19.4 Å². The Bertz CT molecular complexity index is 840. The maximum Gasteiger partial charge on any atom is 0.272 e. The number of carbonyl (C=O) groups is 2. The topological polar surface area (TPSA) is 116 Å². The molecule has 0 radical (unpaired) electrons. The molecule has 2 amide bonds. The molecule has 1 aromatic heterocycles. The summed E-state index contributed by atoms with van der Waals surface area (Å²) in [6, 6.07) is 7.04. The normalized spacial score (nSPS) is 14.4. The van der Waals surface area contributed by atoms with Crippen molar-refractivity contribution in [3.8, 4) is 0 Å². The molecule has 3 N–H and O–H groups in total. The summed E-state index contributed by atoms with van der Waals surface area (Å²) in [5.41, 5.74) is 2.83. The molecule has 112 valence electrons. The Morgan fingerprint density at radius 2 is 1.95 bits per heavy atom. The van der Waals surface area contributed by atoms with Crippen LogP contribution in [-0.2, 0) is 16.1 Å². The van der Waals surface area contributed by atoms with Crippen molar-refractivity contribution in [1.82, 2.24) is 20.9 Å². The number of hydrazone groups is 1. The predicted octanol–water partition coefficient (Wildman–Crippen LogP) is -0.195. The quantitative estimate of drug-likeness (QED) is 0.728. The van der Waals surface area contributed by atoms with Crippen molar-refractivity contribution in [1.29, 1.82) is 0 Å². The minimum absolute atomic E-state index is 0.156. The van der Waals surface area contributed by atoms with Gasteiger partial charge in [0.05, 0.1) is 17.6 Å². The van der Waals surface area contributed by atoms with Gasteiger partial charge in [0.2, 0.25) is 5.91 Å². The molecule has 0 saturated carbocycles. The average Bonchev–Trinajstić information content (AvgIpc) is 2.55. The zero-order valence-corrected chi connectivity index (χ0v) is 11.5. The molecule has 8 heteroatoms. The van der Waals surface area contributed by atoms with E-state index < -0.39 is 0 Å². The summed E-state index contributed by atoms with van der Waals surface area (Å²) in [5, 5.41) is 14.0. The molecule has 1 aliphatic heterocycles. The first-order valence-electron chi connectivity index (χ1n) is 6.75. The number of aromatic amines is 1. The molecule has 0 saturated heterocycles. The third-order valence-electron chi connectivity index (χ3n) is 3.36. The first-order chi connectivity index (χ1) is 10.6. The van der Waals surface area contributed by atoms with Gasteiger partial charge in [0.25, 0.3) is 11.5 Å². The lowest BCUT2D eigenvalue weighted by Gasteiger charge is -2.12. The molecule has 22 heavy (non-hydrogen) atoms. The number of carbonyl (C=O) groups excluding carboxylic acids is 2. The standard InChI is InChI=1S/C14H13N5O3/c20-12-6-5-10(16-18-12)14(22)15-7-11-8-3-1-2-4-9(8)13(21)19-17-11/h1-4H,5-7H2,(H,15,22)(H,18,20)(H,19,21). The predicted molar refractivity (Wildman–Crippen MR) is 79.0 cm³/mol. The lowest BCUT2D eigenvalue weighted by molar-refractivity contribution is -0.121. The Hall–Kier alpha value is -3.03. The van der Waals surface area contributed by atoms with Crippen LogP contribution >= 0.6 is 0 Å². The zero-order valence-electron chi connectivity index (χ0n) is 11.5. The van der Waals surface area contributed by atoms with E-state index in [0.29, 0.717) is 22.9 Å². The van der Waals surface area contributed by atoms with Crippen molar-refractivity contribution in [3.05, 3.63) is 40.3 Å². The van der Waals surface area contributed by atoms with Gasteiger partial charge in [-0.2, -0.15) is 10.2 Å². The molecule has 0 aliphatic carbocycles. The number of aromatic nitrogens is 2. The molecule has 0 spiro atoms. The minimum Gasteiger partial charge on any atom is -0.345 e. The van der Waals surface area contributed by atoms with Crippen LogP contribution in [0.1, 0.15) is 18.5 Å². The van der Waals surface area contributed by atoms with Gasteiger partial charge in [0, 0.05) is 18.2 Å². The first kappa shape index (κ1) is 13.9. The van der Waals surface area contributed by atoms with Gasteiger partial charge in [-0.25, -0.2) is 10.5 Å². The number of benzene rings is 1. The second-order valence-electron chi connectivity index (χ2n) is 4.82. The summed E-state index contributed by atoms with van der Waals surface area (Å²) in [5.74, 6) is -0.568. The number of hydrogen-bond donors (Lipinski definition) is 3. The molecule has 0 fully saturated rings. The summed E-state index contributed by atoms with van der Waals surface area (Å²) in [4.78, 5) is 34.7. The van der Waals surface area contributed by atoms with Gasteiger partial charge in [0.1, 0.15) is 5.71 Å². The van der Waals surface area contributed by atoms with E-state index in [0.717, 1.165) is 0 Å². The maximum atomic E-state index is 12.0. The van der Waals surface area contributed by atoms with Crippen LogP contribution in [0.4, 0.5) is 0 Å². The van der Waals surface area contributed by atoms with Crippen molar-refractivity contribution in [2.75, 3.05) is 0 Å². The molecule has 0 atom stereocenters. The maximum absolute atomic E-state index is 12.0. The fraction of sp³-hybridized carbons (Fsp3) is 0.214. The van der Waals surface area contributed by atoms with Crippen LogP contribution in [0.25, 0.3) is 10.8 Å². The highest BCUT2D eigenvalue weighted by Gasteiger charge is 2.18. The SMILES string of the molecule is O=C1CCC(C(=O)NCc2n[nH]c(=O)c3ccccc23)=NN1. The van der Waals surface area contributed by atoms with Crippen molar-refractivity contribution < 1.29 is 9.59 Å². The average molecular weight is 299 g/mol. The first-order valence-corrected chi connectivity index (χ1v) is 6.75. The molecule has 3 rings (SSSR count). The number of hydrogen-bond acceptors (Lipinski definition) is 5. The highest BCUT2D eigenvalue weighted by Crippen LogP contribution is 2.12. The van der Waals surface area contributed by atoms with Crippen LogP contribution < -0.4 is 16.3 Å². The molecule has 8 nitrogen and oxygen atoms in total. The summed E-state index contributed by atoms with van der Waals surface area (Å²) < 4.78 is 0. The number of nitrogens with one attached hydrogen (secondary N) is 3. The van der Waals surface area contributed by atoms with Crippen molar-refractivity contribution >= 4 is 28.3 Å². The largest absolute Gasteiger partial charge is 0.345 e. The molecule has 2 heterocycles. The van der Waals surface area contributed by atoms with Crippen molar-refractivity contribution in [2.24, 2.45) is 5.10 Å². The van der Waals surface area contributed by atoms with Gasteiger partial charge in [-0.15, -0.1) is 0 Å². The van der Waals surface area contributed by atoms with E-state index in [-0.39, 0.29) is 36.1 Å². The van der Waals surface area contributed by atoms with Crippen LogP contribution in [0.2, 0.25) is 0 Å². The molecule has 1 aromatic carbocycles. The van der Waals surface area contributed by atoms with Gasteiger partial charge in [0.15, 0.2) is 0 Å². The smallest absolute Gasteiger partial charge is 0.272 e. The van der Waals surface area contributed by atoms with E-state index in [2.05, 4.69) is 26.0 Å². The Labute approximate surface area is 124 Å². The molecule has 0 bridgehead atoms. The monoisotopic (exact) mass is 299 g/mol.